The van der Waals surface area contributed by atoms with Crippen LogP contribution in [0, 0.1) is 60.1 Å². The molecule has 0 radical (unpaired) electrons. The van der Waals surface area contributed by atoms with Crippen molar-refractivity contribution >= 4 is 0 Å². The Hall–Kier alpha value is -0.160. The van der Waals surface area contributed by atoms with Gasteiger partial charge in [-0.1, -0.05) is 152 Å². The maximum absolute atomic E-state index is 11.2. The molecule has 2 N–H and O–H groups in total. The zero-order chi connectivity index (χ0) is 40.9. The number of hydrogen-bond donors (Lipinski definition) is 2. The van der Waals surface area contributed by atoms with Gasteiger partial charge in [0.25, 0.3) is 0 Å². The molecule has 0 spiro atoms. The van der Waals surface area contributed by atoms with Crippen LogP contribution < -0.4 is 0 Å². The Labute approximate surface area is 326 Å². The Morgan fingerprint density at radius 1 is 0.404 bits per heavy atom. The molecule has 0 bridgehead atoms. The van der Waals surface area contributed by atoms with Crippen molar-refractivity contribution in [3.63, 3.8) is 0 Å². The van der Waals surface area contributed by atoms with Crippen LogP contribution in [-0.2, 0) is 9.78 Å². The molecular formula is C48H94O4. The summed E-state index contributed by atoms with van der Waals surface area (Å²) in [6.07, 6.45) is 13.4. The lowest BCUT2D eigenvalue weighted by molar-refractivity contribution is -0.408. The van der Waals surface area contributed by atoms with E-state index in [1.165, 1.54) is 0 Å². The van der Waals surface area contributed by atoms with Gasteiger partial charge >= 0.3 is 0 Å². The van der Waals surface area contributed by atoms with Gasteiger partial charge in [0.15, 0.2) is 0 Å². The van der Waals surface area contributed by atoms with Gasteiger partial charge in [-0.3, -0.25) is 10.5 Å². The van der Waals surface area contributed by atoms with E-state index in [0.717, 1.165) is 89.9 Å². The summed E-state index contributed by atoms with van der Waals surface area (Å²) in [5, 5.41) is 22.4. The van der Waals surface area contributed by atoms with Gasteiger partial charge in [-0.2, -0.15) is 0 Å². The topological polar surface area (TPSA) is 58.9 Å². The summed E-state index contributed by atoms with van der Waals surface area (Å²) in [6.45, 7) is 51.1. The summed E-state index contributed by atoms with van der Waals surface area (Å²) in [5.41, 5.74) is -0.299. The molecule has 4 heteroatoms. The van der Waals surface area contributed by atoms with Gasteiger partial charge in [0, 0.05) is 5.92 Å². The SMILES string of the molecule is CCCC(C1(OO)CCC(C(C)(C)CC(C)(C)C)(C(C)(C)CC(C)(C)C)CC1)C1(OO)CCC(C(C)(C)CC(C)(C)C)(C(C)(C)CC(C)(C)C)CC1. The Kier molecular flexibility index (Phi) is 14.1. The van der Waals surface area contributed by atoms with Gasteiger partial charge in [-0.25, -0.2) is 9.78 Å². The predicted molar refractivity (Wildman–Crippen MR) is 225 cm³/mol. The minimum atomic E-state index is -0.764. The van der Waals surface area contributed by atoms with Crippen molar-refractivity contribution in [2.75, 3.05) is 0 Å². The molecule has 52 heavy (non-hydrogen) atoms. The van der Waals surface area contributed by atoms with Crippen molar-refractivity contribution in [3.05, 3.63) is 0 Å². The minimum Gasteiger partial charge on any atom is -0.251 e. The number of hydrogen-bond acceptors (Lipinski definition) is 4. The van der Waals surface area contributed by atoms with Crippen LogP contribution >= 0.6 is 0 Å². The summed E-state index contributed by atoms with van der Waals surface area (Å²) in [7, 11) is 0. The Bertz CT molecular complexity index is 979. The highest BCUT2D eigenvalue weighted by Crippen LogP contribution is 2.70. The molecule has 0 saturated heterocycles. The third-order valence-corrected chi connectivity index (χ3v) is 15.2. The van der Waals surface area contributed by atoms with Gasteiger partial charge in [0.05, 0.1) is 0 Å². The zero-order valence-corrected chi connectivity index (χ0v) is 39.2. The van der Waals surface area contributed by atoms with E-state index in [9.17, 15) is 10.5 Å². The van der Waals surface area contributed by atoms with Crippen LogP contribution in [0.1, 0.15) is 235 Å². The Morgan fingerprint density at radius 2 is 0.615 bits per heavy atom. The molecule has 0 heterocycles. The molecule has 2 aliphatic carbocycles. The molecule has 0 amide bonds. The molecule has 0 atom stereocenters. The highest BCUT2D eigenvalue weighted by atomic mass is 17.1. The first-order valence-corrected chi connectivity index (χ1v) is 21.6. The molecule has 2 fully saturated rings. The van der Waals surface area contributed by atoms with E-state index >= 15 is 0 Å². The molecule has 0 aromatic rings. The lowest BCUT2D eigenvalue weighted by Gasteiger charge is -2.65. The second-order valence-corrected chi connectivity index (χ2v) is 26.3. The molecule has 0 unspecified atom stereocenters. The van der Waals surface area contributed by atoms with E-state index in [1.807, 2.05) is 0 Å². The van der Waals surface area contributed by atoms with E-state index in [-0.39, 0.29) is 60.1 Å². The summed E-state index contributed by atoms with van der Waals surface area (Å²) in [4.78, 5) is 11.8. The molecule has 4 nitrogen and oxygen atoms in total. The fraction of sp³-hybridized carbons (Fsp3) is 1.00. The molecule has 2 aliphatic rings. The minimum absolute atomic E-state index is 0.0578. The predicted octanol–water partition coefficient (Wildman–Crippen LogP) is 15.8. The first-order valence-electron chi connectivity index (χ1n) is 21.6. The third-order valence-electron chi connectivity index (χ3n) is 15.2. The standard InChI is InChI=1S/C48H94O4/c1-22-23-36(45(51-49)24-28-47(29-25-45,41(14,15)32-37(2,3)4)42(16,17)33-38(5,6)7)46(52-50)26-30-48(31-27-46,43(18,19)34-39(8,9)10)44(20,21)35-40(11,12)13/h36,49-50H,22-35H2,1-21H3. The second kappa shape index (κ2) is 15.3. The molecule has 0 aromatic heterocycles. The van der Waals surface area contributed by atoms with Gasteiger partial charge in [0.1, 0.15) is 11.2 Å². The Balaban J connectivity index is 2.70. The van der Waals surface area contributed by atoms with E-state index in [1.54, 1.807) is 0 Å². The van der Waals surface area contributed by atoms with Crippen LogP contribution in [-0.4, -0.2) is 21.7 Å². The lowest BCUT2D eigenvalue weighted by Crippen LogP contribution is -2.63. The van der Waals surface area contributed by atoms with Gasteiger partial charge in [-0.15, -0.1) is 0 Å². The van der Waals surface area contributed by atoms with Crippen LogP contribution in [0.2, 0.25) is 0 Å². The highest BCUT2D eigenvalue weighted by Gasteiger charge is 2.65. The molecule has 0 aliphatic heterocycles. The van der Waals surface area contributed by atoms with Crippen molar-refractivity contribution < 1.29 is 20.3 Å². The molecular weight excluding hydrogens is 641 g/mol. The first kappa shape index (κ1) is 48.0. The van der Waals surface area contributed by atoms with E-state index in [2.05, 4.69) is 145 Å². The summed E-state index contributed by atoms with van der Waals surface area (Å²) in [6, 6.07) is 0. The summed E-state index contributed by atoms with van der Waals surface area (Å²) in [5.74, 6) is -0.107. The molecule has 310 valence electrons. The zero-order valence-electron chi connectivity index (χ0n) is 39.2. The van der Waals surface area contributed by atoms with Crippen molar-refractivity contribution in [2.24, 2.45) is 60.1 Å². The average molecular weight is 735 g/mol. The largest absolute Gasteiger partial charge is 0.251 e. The van der Waals surface area contributed by atoms with Crippen molar-refractivity contribution in [1.29, 1.82) is 0 Å². The summed E-state index contributed by atoms with van der Waals surface area (Å²) >= 11 is 0. The van der Waals surface area contributed by atoms with Crippen LogP contribution in [0.3, 0.4) is 0 Å². The fourth-order valence-electron chi connectivity index (χ4n) is 15.0. The van der Waals surface area contributed by atoms with Gasteiger partial charge < -0.3 is 0 Å². The van der Waals surface area contributed by atoms with Gasteiger partial charge in [-0.05, 0) is 138 Å². The molecule has 2 rings (SSSR count). The van der Waals surface area contributed by atoms with Gasteiger partial charge in [0.2, 0.25) is 0 Å². The van der Waals surface area contributed by atoms with E-state index < -0.39 is 11.2 Å². The van der Waals surface area contributed by atoms with Crippen molar-refractivity contribution in [3.8, 4) is 0 Å². The van der Waals surface area contributed by atoms with Crippen LogP contribution in [0.15, 0.2) is 0 Å². The average Bonchev–Trinajstić information content (AvgIpc) is 2.90. The highest BCUT2D eigenvalue weighted by molar-refractivity contribution is 5.15. The smallest absolute Gasteiger partial charge is 0.109 e. The monoisotopic (exact) mass is 735 g/mol. The maximum Gasteiger partial charge on any atom is 0.109 e. The fourth-order valence-corrected chi connectivity index (χ4v) is 15.0. The molecule has 0 aromatic carbocycles. The normalized spacial score (nSPS) is 22.2. The van der Waals surface area contributed by atoms with Crippen molar-refractivity contribution in [2.45, 2.75) is 246 Å². The number of rotatable bonds is 14. The third kappa shape index (κ3) is 10.0. The van der Waals surface area contributed by atoms with Crippen LogP contribution in [0.25, 0.3) is 0 Å². The molecule has 2 saturated carbocycles. The second-order valence-electron chi connectivity index (χ2n) is 26.3. The van der Waals surface area contributed by atoms with Crippen LogP contribution in [0.5, 0.6) is 0 Å². The Morgan fingerprint density at radius 3 is 0.769 bits per heavy atom. The summed E-state index contributed by atoms with van der Waals surface area (Å²) < 4.78 is 0. The van der Waals surface area contributed by atoms with E-state index in [0.29, 0.717) is 0 Å². The lowest BCUT2D eigenvalue weighted by atomic mass is 9.41. The first-order chi connectivity index (χ1) is 23.0. The maximum atomic E-state index is 11.2. The quantitative estimate of drug-likeness (QED) is 0.138. The van der Waals surface area contributed by atoms with Crippen LogP contribution in [0.4, 0.5) is 0 Å². The van der Waals surface area contributed by atoms with E-state index in [4.69, 9.17) is 9.78 Å². The van der Waals surface area contributed by atoms with Crippen molar-refractivity contribution in [1.82, 2.24) is 0 Å².